The molecule has 5 heteroatoms. The van der Waals surface area contributed by atoms with Crippen molar-refractivity contribution in [1.29, 1.82) is 0 Å². The second-order valence-electron chi connectivity index (χ2n) is 5.34. The molecule has 1 atom stereocenters. The van der Waals surface area contributed by atoms with Gasteiger partial charge in [-0.25, -0.2) is 0 Å². The predicted octanol–water partition coefficient (Wildman–Crippen LogP) is 1.68. The number of rotatable bonds is 10. The first kappa shape index (κ1) is 17.9. The third kappa shape index (κ3) is 8.59. The molecule has 0 bridgehead atoms. The molecule has 5 nitrogen and oxygen atoms in total. The van der Waals surface area contributed by atoms with Crippen molar-refractivity contribution in [2.75, 3.05) is 33.7 Å². The van der Waals surface area contributed by atoms with Crippen LogP contribution in [0.3, 0.4) is 0 Å². The van der Waals surface area contributed by atoms with Gasteiger partial charge in [0, 0.05) is 19.5 Å². The van der Waals surface area contributed by atoms with Crippen LogP contribution in [0.1, 0.15) is 39.5 Å². The van der Waals surface area contributed by atoms with E-state index in [0.717, 1.165) is 25.8 Å². The number of carboxylic acid groups (broad SMARTS) is 1. The summed E-state index contributed by atoms with van der Waals surface area (Å²) in [4.78, 5) is 26.7. The van der Waals surface area contributed by atoms with Gasteiger partial charge >= 0.3 is 5.97 Å². The highest BCUT2D eigenvalue weighted by molar-refractivity contribution is 5.77. The molecule has 0 spiro atoms. The first-order valence-electron chi connectivity index (χ1n) is 7.03. The zero-order chi connectivity index (χ0) is 14.8. The number of carbonyl (C=O) groups excluding carboxylic acids is 1. The maximum absolute atomic E-state index is 12.1. The lowest BCUT2D eigenvalue weighted by atomic mass is 10.1. The molecule has 0 fully saturated rings. The van der Waals surface area contributed by atoms with Crippen molar-refractivity contribution in [3.05, 3.63) is 0 Å². The van der Waals surface area contributed by atoms with Gasteiger partial charge < -0.3 is 14.9 Å². The normalized spacial score (nSPS) is 12.5. The minimum atomic E-state index is -0.846. The number of carboxylic acids is 1. The lowest BCUT2D eigenvalue weighted by Gasteiger charge is -2.25. The Bertz CT molecular complexity index is 280. The number of amides is 1. The molecule has 0 heterocycles. The van der Waals surface area contributed by atoms with Gasteiger partial charge in [0.05, 0.1) is 5.92 Å². The molecule has 1 amide bonds. The Morgan fingerprint density at radius 1 is 1.16 bits per heavy atom. The van der Waals surface area contributed by atoms with E-state index in [1.807, 2.05) is 21.0 Å². The van der Waals surface area contributed by atoms with Crippen molar-refractivity contribution in [2.24, 2.45) is 5.92 Å². The lowest BCUT2D eigenvalue weighted by molar-refractivity contribution is -0.143. The fourth-order valence-electron chi connectivity index (χ4n) is 1.79. The lowest BCUT2D eigenvalue weighted by Crippen LogP contribution is -2.38. The van der Waals surface area contributed by atoms with E-state index >= 15 is 0 Å². The van der Waals surface area contributed by atoms with E-state index in [9.17, 15) is 9.59 Å². The van der Waals surface area contributed by atoms with Crippen molar-refractivity contribution < 1.29 is 14.7 Å². The SMILES string of the molecule is CCCCC(=O)N(CCCN(C)C)CC(C)C(=O)O. The molecule has 1 N–H and O–H groups in total. The highest BCUT2D eigenvalue weighted by Crippen LogP contribution is 2.07. The highest BCUT2D eigenvalue weighted by atomic mass is 16.4. The van der Waals surface area contributed by atoms with Crippen LogP contribution in [0.2, 0.25) is 0 Å². The average Bonchev–Trinajstić information content (AvgIpc) is 2.33. The van der Waals surface area contributed by atoms with Crippen LogP contribution in [-0.4, -0.2) is 60.5 Å². The van der Waals surface area contributed by atoms with Crippen molar-refractivity contribution in [3.8, 4) is 0 Å². The molecular formula is C14H28N2O3. The van der Waals surface area contributed by atoms with E-state index in [2.05, 4.69) is 4.90 Å². The highest BCUT2D eigenvalue weighted by Gasteiger charge is 2.19. The van der Waals surface area contributed by atoms with Crippen LogP contribution in [0.5, 0.6) is 0 Å². The molecule has 0 aromatic carbocycles. The molecule has 0 aliphatic heterocycles. The quantitative estimate of drug-likeness (QED) is 0.657. The molecule has 0 radical (unpaired) electrons. The van der Waals surface area contributed by atoms with E-state index in [4.69, 9.17) is 5.11 Å². The molecule has 112 valence electrons. The summed E-state index contributed by atoms with van der Waals surface area (Å²) in [5.41, 5.74) is 0. The van der Waals surface area contributed by atoms with Gasteiger partial charge in [0.2, 0.25) is 5.91 Å². The van der Waals surface area contributed by atoms with Crippen molar-refractivity contribution in [2.45, 2.75) is 39.5 Å². The minimum Gasteiger partial charge on any atom is -0.481 e. The van der Waals surface area contributed by atoms with Gasteiger partial charge in [0.25, 0.3) is 0 Å². The van der Waals surface area contributed by atoms with Gasteiger partial charge in [-0.1, -0.05) is 20.3 Å². The van der Waals surface area contributed by atoms with E-state index in [0.29, 0.717) is 19.5 Å². The largest absolute Gasteiger partial charge is 0.481 e. The summed E-state index contributed by atoms with van der Waals surface area (Å²) in [7, 11) is 3.98. The number of hydrogen-bond donors (Lipinski definition) is 1. The fraction of sp³-hybridized carbons (Fsp3) is 0.857. The van der Waals surface area contributed by atoms with Crippen LogP contribution >= 0.6 is 0 Å². The monoisotopic (exact) mass is 272 g/mol. The molecule has 0 saturated heterocycles. The van der Waals surface area contributed by atoms with Crippen LogP contribution in [0.4, 0.5) is 0 Å². The summed E-state index contributed by atoms with van der Waals surface area (Å²) in [5.74, 6) is -1.28. The van der Waals surface area contributed by atoms with Gasteiger partial charge in [0.1, 0.15) is 0 Å². The minimum absolute atomic E-state index is 0.0775. The van der Waals surface area contributed by atoms with Gasteiger partial charge in [-0.05, 0) is 33.5 Å². The smallest absolute Gasteiger partial charge is 0.308 e. The topological polar surface area (TPSA) is 60.9 Å². The van der Waals surface area contributed by atoms with E-state index in [-0.39, 0.29) is 5.91 Å². The molecular weight excluding hydrogens is 244 g/mol. The Balaban J connectivity index is 4.36. The Labute approximate surface area is 116 Å². The summed E-state index contributed by atoms with van der Waals surface area (Å²) >= 11 is 0. The van der Waals surface area contributed by atoms with Crippen molar-refractivity contribution >= 4 is 11.9 Å². The molecule has 0 saturated carbocycles. The zero-order valence-electron chi connectivity index (χ0n) is 12.7. The van der Waals surface area contributed by atoms with Crippen LogP contribution in [-0.2, 0) is 9.59 Å². The fourth-order valence-corrected chi connectivity index (χ4v) is 1.79. The summed E-state index contributed by atoms with van der Waals surface area (Å²) in [6.45, 7) is 5.54. The summed E-state index contributed by atoms with van der Waals surface area (Å²) in [6, 6.07) is 0. The predicted molar refractivity (Wildman–Crippen MR) is 76.1 cm³/mol. The average molecular weight is 272 g/mol. The number of carbonyl (C=O) groups is 2. The number of nitrogens with zero attached hydrogens (tertiary/aromatic N) is 2. The van der Waals surface area contributed by atoms with Crippen LogP contribution in [0.15, 0.2) is 0 Å². The first-order valence-corrected chi connectivity index (χ1v) is 7.03. The Morgan fingerprint density at radius 2 is 1.79 bits per heavy atom. The summed E-state index contributed by atoms with van der Waals surface area (Å²) in [6.07, 6.45) is 3.23. The van der Waals surface area contributed by atoms with Gasteiger partial charge in [-0.2, -0.15) is 0 Å². The molecule has 0 rings (SSSR count). The van der Waals surface area contributed by atoms with Crippen molar-refractivity contribution in [3.63, 3.8) is 0 Å². The third-order valence-electron chi connectivity index (χ3n) is 3.05. The summed E-state index contributed by atoms with van der Waals surface area (Å²) < 4.78 is 0. The van der Waals surface area contributed by atoms with E-state index in [1.54, 1.807) is 11.8 Å². The number of hydrogen-bond acceptors (Lipinski definition) is 3. The van der Waals surface area contributed by atoms with Crippen LogP contribution in [0, 0.1) is 5.92 Å². The molecule has 19 heavy (non-hydrogen) atoms. The van der Waals surface area contributed by atoms with E-state index < -0.39 is 11.9 Å². The van der Waals surface area contributed by atoms with Crippen LogP contribution < -0.4 is 0 Å². The van der Waals surface area contributed by atoms with E-state index in [1.165, 1.54) is 0 Å². The maximum atomic E-state index is 12.1. The van der Waals surface area contributed by atoms with Crippen molar-refractivity contribution in [1.82, 2.24) is 9.80 Å². The first-order chi connectivity index (χ1) is 8.88. The number of aliphatic carboxylic acids is 1. The third-order valence-corrected chi connectivity index (χ3v) is 3.05. The van der Waals surface area contributed by atoms with Gasteiger partial charge in [-0.15, -0.1) is 0 Å². The number of unbranched alkanes of at least 4 members (excludes halogenated alkanes) is 1. The Kier molecular flexibility index (Phi) is 9.21. The maximum Gasteiger partial charge on any atom is 0.308 e. The van der Waals surface area contributed by atoms with Gasteiger partial charge in [0.15, 0.2) is 0 Å². The molecule has 0 aromatic rings. The molecule has 0 aromatic heterocycles. The Morgan fingerprint density at radius 3 is 2.26 bits per heavy atom. The second kappa shape index (κ2) is 9.78. The standard InChI is InChI=1S/C14H28N2O3/c1-5-6-8-13(17)16(10-7-9-15(3)4)11-12(2)14(18)19/h12H,5-11H2,1-4H3,(H,18,19). The summed E-state index contributed by atoms with van der Waals surface area (Å²) in [5, 5.41) is 8.96. The Hall–Kier alpha value is -1.10. The molecule has 0 aliphatic rings. The molecule has 1 unspecified atom stereocenters. The van der Waals surface area contributed by atoms with Gasteiger partial charge in [-0.3, -0.25) is 9.59 Å². The zero-order valence-corrected chi connectivity index (χ0v) is 12.7. The second-order valence-corrected chi connectivity index (χ2v) is 5.34. The molecule has 0 aliphatic carbocycles. The van der Waals surface area contributed by atoms with Crippen LogP contribution in [0.25, 0.3) is 0 Å².